The van der Waals surface area contributed by atoms with Gasteiger partial charge in [-0.05, 0) is 79.3 Å². The Morgan fingerprint density at radius 1 is 0.683 bits per heavy atom. The van der Waals surface area contributed by atoms with Crippen LogP contribution in [0.5, 0.6) is 0 Å². The second-order valence-corrected chi connectivity index (χ2v) is 14.9. The number of hydrogen-bond donors (Lipinski definition) is 0. The standard InChI is InChI=1S/C54H44N6/c1-4-5-11-21-37(2)47-33-43(34-48(55-47)39-25-14-8-15-26-39)52-57-53(44-35-49(40-23-12-6-7-13-24-40)56-50(36-44)41-27-16-9-17-28-41)59-54(58-52)60-45-30-19-10-18-29-42(32-45)46-31-20-22-38(3)51(46)60/h4-9,11-23,25-36,45H,2,10,24H2,1,3H3/b5-4-,21-11-,29-18?,30-19-. The van der Waals surface area contributed by atoms with Crippen molar-refractivity contribution in [3.63, 3.8) is 0 Å². The first-order valence-electron chi connectivity index (χ1n) is 20.4. The van der Waals surface area contributed by atoms with E-state index in [-0.39, 0.29) is 6.04 Å². The average molecular weight is 777 g/mol. The van der Waals surface area contributed by atoms with Gasteiger partial charge in [0, 0.05) is 27.8 Å². The summed E-state index contributed by atoms with van der Waals surface area (Å²) in [6.45, 7) is 8.57. The zero-order valence-corrected chi connectivity index (χ0v) is 33.8. The number of benzene rings is 3. The van der Waals surface area contributed by atoms with Crippen molar-refractivity contribution in [2.75, 3.05) is 4.90 Å². The van der Waals surface area contributed by atoms with Crippen LogP contribution in [0.1, 0.15) is 42.3 Å². The molecule has 0 amide bonds. The van der Waals surface area contributed by atoms with Crippen LogP contribution in [-0.2, 0) is 0 Å². The minimum Gasteiger partial charge on any atom is -0.299 e. The molecule has 6 aromatic rings. The van der Waals surface area contributed by atoms with E-state index in [4.69, 9.17) is 24.9 Å². The predicted molar refractivity (Wildman–Crippen MR) is 249 cm³/mol. The van der Waals surface area contributed by atoms with Crippen molar-refractivity contribution in [1.29, 1.82) is 0 Å². The first-order valence-corrected chi connectivity index (χ1v) is 20.4. The number of nitrogens with zero attached hydrogens (tertiary/aromatic N) is 6. The molecule has 6 nitrogen and oxygen atoms in total. The molecule has 0 fully saturated rings. The first kappa shape index (κ1) is 38.0. The summed E-state index contributed by atoms with van der Waals surface area (Å²) >= 11 is 0. The number of anilines is 2. The molecule has 1 atom stereocenters. The number of aromatic nitrogens is 5. The van der Waals surface area contributed by atoms with E-state index >= 15 is 0 Å². The van der Waals surface area contributed by atoms with E-state index < -0.39 is 0 Å². The number of aryl methyl sites for hydroxylation is 1. The Hall–Kier alpha value is -7.57. The van der Waals surface area contributed by atoms with Gasteiger partial charge in [-0.1, -0.05) is 164 Å². The highest BCUT2D eigenvalue weighted by Crippen LogP contribution is 2.43. The fourth-order valence-electron chi connectivity index (χ4n) is 7.75. The van der Waals surface area contributed by atoms with Crippen LogP contribution in [0, 0.1) is 6.92 Å². The summed E-state index contributed by atoms with van der Waals surface area (Å²) in [5, 5.41) is 0. The predicted octanol–water partition coefficient (Wildman–Crippen LogP) is 13.1. The SMILES string of the molecule is C=C(/C=C\C=C/C)c1cc(-c2nc(-c3cc(C4=CC=CC=CC4)nc(-c4ccccc4)c3)nc(N3c4c(C)cccc4C4=CC3/C=C\CC=C4)n2)cc(-c2ccccc2)n1. The molecule has 0 N–H and O–H groups in total. The normalized spacial score (nSPS) is 16.2. The van der Waals surface area contributed by atoms with Crippen molar-refractivity contribution >= 4 is 28.4 Å². The zero-order chi connectivity index (χ0) is 40.8. The molecule has 1 unspecified atom stereocenters. The fourth-order valence-corrected chi connectivity index (χ4v) is 7.75. The van der Waals surface area contributed by atoms with Crippen LogP contribution in [-0.4, -0.2) is 31.0 Å². The van der Waals surface area contributed by atoms with Crippen molar-refractivity contribution in [2.24, 2.45) is 0 Å². The van der Waals surface area contributed by atoms with E-state index in [1.165, 1.54) is 5.57 Å². The van der Waals surface area contributed by atoms with Gasteiger partial charge in [0.1, 0.15) is 0 Å². The van der Waals surface area contributed by atoms with Crippen molar-refractivity contribution in [3.8, 4) is 45.3 Å². The van der Waals surface area contributed by atoms with Gasteiger partial charge in [0.25, 0.3) is 0 Å². The van der Waals surface area contributed by atoms with Crippen molar-refractivity contribution in [3.05, 3.63) is 217 Å². The van der Waals surface area contributed by atoms with Crippen molar-refractivity contribution < 1.29 is 0 Å². The van der Waals surface area contributed by atoms with Crippen LogP contribution in [0.2, 0.25) is 0 Å². The summed E-state index contributed by atoms with van der Waals surface area (Å²) in [5.41, 5.74) is 13.3. The maximum atomic E-state index is 5.42. The molecule has 4 heterocycles. The molecule has 0 radical (unpaired) electrons. The number of fused-ring (bicyclic) bond motifs is 3. The van der Waals surface area contributed by atoms with Crippen LogP contribution in [0.15, 0.2) is 195 Å². The summed E-state index contributed by atoms with van der Waals surface area (Å²) in [4.78, 5) is 28.8. The Balaban J connectivity index is 1.31. The Morgan fingerprint density at radius 2 is 1.40 bits per heavy atom. The van der Waals surface area contributed by atoms with Gasteiger partial charge in [0.05, 0.1) is 34.5 Å². The summed E-state index contributed by atoms with van der Waals surface area (Å²) in [7, 11) is 0. The van der Waals surface area contributed by atoms with Gasteiger partial charge in [0.15, 0.2) is 11.6 Å². The quantitative estimate of drug-likeness (QED) is 0.108. The van der Waals surface area contributed by atoms with Crippen LogP contribution in [0.4, 0.5) is 11.6 Å². The molecule has 6 heteroatoms. The summed E-state index contributed by atoms with van der Waals surface area (Å²) in [5.74, 6) is 1.62. The number of allylic oxidation sites excluding steroid dienone is 15. The van der Waals surface area contributed by atoms with Gasteiger partial charge in [-0.25, -0.2) is 15.0 Å². The Bertz CT molecular complexity index is 2850. The van der Waals surface area contributed by atoms with Gasteiger partial charge in [-0.3, -0.25) is 4.90 Å². The Kier molecular flexibility index (Phi) is 10.8. The largest absolute Gasteiger partial charge is 0.299 e. The van der Waals surface area contributed by atoms with Gasteiger partial charge < -0.3 is 0 Å². The second-order valence-electron chi connectivity index (χ2n) is 14.9. The smallest absolute Gasteiger partial charge is 0.234 e. The number of pyridine rings is 2. The number of para-hydroxylation sites is 1. The monoisotopic (exact) mass is 776 g/mol. The number of rotatable bonds is 9. The molecule has 1 aliphatic heterocycles. The lowest BCUT2D eigenvalue weighted by Gasteiger charge is -2.36. The molecular weight excluding hydrogens is 733 g/mol. The van der Waals surface area contributed by atoms with Crippen molar-refractivity contribution in [1.82, 2.24) is 24.9 Å². The highest BCUT2D eigenvalue weighted by molar-refractivity contribution is 5.91. The summed E-state index contributed by atoms with van der Waals surface area (Å²) in [6.07, 6.45) is 31.2. The lowest BCUT2D eigenvalue weighted by Crippen LogP contribution is -2.34. The van der Waals surface area contributed by atoms with Gasteiger partial charge in [-0.2, -0.15) is 9.97 Å². The highest BCUT2D eigenvalue weighted by Gasteiger charge is 2.31. The maximum absolute atomic E-state index is 5.42. The van der Waals surface area contributed by atoms with Gasteiger partial charge >= 0.3 is 0 Å². The van der Waals surface area contributed by atoms with E-state index in [9.17, 15) is 0 Å². The minimum absolute atomic E-state index is 0.131. The van der Waals surface area contributed by atoms with Gasteiger partial charge in [-0.15, -0.1) is 0 Å². The third-order valence-electron chi connectivity index (χ3n) is 10.7. The third kappa shape index (κ3) is 7.96. The van der Waals surface area contributed by atoms with E-state index in [1.54, 1.807) is 0 Å². The molecule has 9 rings (SSSR count). The van der Waals surface area contributed by atoms with Crippen LogP contribution in [0.25, 0.3) is 62.0 Å². The first-order chi connectivity index (χ1) is 29.5. The molecule has 2 bridgehead atoms. The molecule has 60 heavy (non-hydrogen) atoms. The topological polar surface area (TPSA) is 67.7 Å². The van der Waals surface area contributed by atoms with Gasteiger partial charge in [0.2, 0.25) is 5.95 Å². The van der Waals surface area contributed by atoms with Crippen LogP contribution >= 0.6 is 0 Å². The van der Waals surface area contributed by atoms with E-state index in [2.05, 4.69) is 140 Å². The molecule has 3 aromatic carbocycles. The van der Waals surface area contributed by atoms with Crippen LogP contribution < -0.4 is 4.90 Å². The number of hydrogen-bond acceptors (Lipinski definition) is 6. The average Bonchev–Trinajstić information content (AvgIpc) is 3.58. The van der Waals surface area contributed by atoms with E-state index in [0.717, 1.165) is 85.8 Å². The van der Waals surface area contributed by atoms with E-state index in [0.29, 0.717) is 17.6 Å². The molecule has 3 aliphatic rings. The van der Waals surface area contributed by atoms with Crippen LogP contribution in [0.3, 0.4) is 0 Å². The molecule has 290 valence electrons. The molecule has 2 aliphatic carbocycles. The summed E-state index contributed by atoms with van der Waals surface area (Å²) in [6, 6.07) is 35.2. The lowest BCUT2D eigenvalue weighted by atomic mass is 9.91. The molecular formula is C54H44N6. The summed E-state index contributed by atoms with van der Waals surface area (Å²) < 4.78 is 0. The molecule has 0 saturated heterocycles. The second kappa shape index (κ2) is 17.1. The Labute approximate surface area is 352 Å². The maximum Gasteiger partial charge on any atom is 0.234 e. The molecule has 3 aromatic heterocycles. The fraction of sp³-hybridized carbons (Fsp3) is 0.0926. The molecule has 0 spiro atoms. The lowest BCUT2D eigenvalue weighted by molar-refractivity contribution is 0.861. The minimum atomic E-state index is -0.131. The molecule has 0 saturated carbocycles. The highest BCUT2D eigenvalue weighted by atomic mass is 15.3. The Morgan fingerprint density at radius 3 is 2.15 bits per heavy atom. The third-order valence-corrected chi connectivity index (χ3v) is 10.7. The van der Waals surface area contributed by atoms with Crippen molar-refractivity contribution in [2.45, 2.75) is 32.7 Å². The van der Waals surface area contributed by atoms with E-state index in [1.807, 2.05) is 73.7 Å². The zero-order valence-electron chi connectivity index (χ0n) is 33.8.